The van der Waals surface area contributed by atoms with Gasteiger partial charge in [0.1, 0.15) is 10.5 Å². The van der Waals surface area contributed by atoms with Crippen LogP contribution in [0.25, 0.3) is 0 Å². The lowest BCUT2D eigenvalue weighted by Gasteiger charge is -2.14. The highest BCUT2D eigenvalue weighted by Crippen LogP contribution is 2.46. The Hall–Kier alpha value is -0.220. The molecule has 1 N–H and O–H groups in total. The van der Waals surface area contributed by atoms with Crippen molar-refractivity contribution in [1.29, 1.82) is 0 Å². The Morgan fingerprint density at radius 3 is 2.53 bits per heavy atom. The van der Waals surface area contributed by atoms with Crippen LogP contribution < -0.4 is 0 Å². The standard InChI is InChI=1S/C11H15BrN2S/c1-6(2)8-7(12)9(15)14-10(13-8)11(3)4-5-11/h6H,4-5H2,1-3H3,(H,13,14,15). The molecule has 1 aromatic rings. The Morgan fingerprint density at radius 2 is 2.07 bits per heavy atom. The molecule has 0 atom stereocenters. The summed E-state index contributed by atoms with van der Waals surface area (Å²) in [4.78, 5) is 7.89. The number of aromatic nitrogens is 2. The van der Waals surface area contributed by atoms with Crippen LogP contribution in [0.1, 0.15) is 51.0 Å². The van der Waals surface area contributed by atoms with Gasteiger partial charge < -0.3 is 4.98 Å². The van der Waals surface area contributed by atoms with Gasteiger partial charge in [-0.15, -0.1) is 0 Å². The summed E-state index contributed by atoms with van der Waals surface area (Å²) in [7, 11) is 0. The molecule has 15 heavy (non-hydrogen) atoms. The first kappa shape index (κ1) is 11.3. The monoisotopic (exact) mass is 286 g/mol. The highest BCUT2D eigenvalue weighted by Gasteiger charge is 2.41. The van der Waals surface area contributed by atoms with Gasteiger partial charge in [0.15, 0.2) is 0 Å². The quantitative estimate of drug-likeness (QED) is 0.830. The largest absolute Gasteiger partial charge is 0.345 e. The lowest BCUT2D eigenvalue weighted by molar-refractivity contribution is 0.677. The molecule has 4 heteroatoms. The molecule has 1 aliphatic rings. The fraction of sp³-hybridized carbons (Fsp3) is 0.636. The molecule has 0 bridgehead atoms. The van der Waals surface area contributed by atoms with Crippen LogP contribution in [0.15, 0.2) is 4.47 Å². The first-order valence-electron chi connectivity index (χ1n) is 5.24. The highest BCUT2D eigenvalue weighted by atomic mass is 79.9. The Labute approximate surface area is 104 Å². The first-order chi connectivity index (χ1) is 6.94. The van der Waals surface area contributed by atoms with Crippen LogP contribution >= 0.6 is 28.1 Å². The number of nitrogens with zero attached hydrogens (tertiary/aromatic N) is 1. The average Bonchev–Trinajstić information content (AvgIpc) is 2.89. The van der Waals surface area contributed by atoms with Crippen molar-refractivity contribution in [2.45, 2.75) is 44.9 Å². The minimum atomic E-state index is 0.248. The third kappa shape index (κ3) is 2.02. The Balaban J connectivity index is 2.56. The van der Waals surface area contributed by atoms with E-state index in [4.69, 9.17) is 12.2 Å². The van der Waals surface area contributed by atoms with Crippen LogP contribution in [0, 0.1) is 4.64 Å². The third-order valence-corrected chi connectivity index (χ3v) is 4.40. The van der Waals surface area contributed by atoms with Crippen molar-refractivity contribution < 1.29 is 0 Å². The van der Waals surface area contributed by atoms with Gasteiger partial charge in [0, 0.05) is 11.1 Å². The van der Waals surface area contributed by atoms with Gasteiger partial charge in [-0.2, -0.15) is 0 Å². The second-order valence-corrected chi connectivity index (χ2v) is 6.01. The summed E-state index contributed by atoms with van der Waals surface area (Å²) in [6.45, 7) is 6.55. The number of halogens is 1. The molecule has 0 amide bonds. The summed E-state index contributed by atoms with van der Waals surface area (Å²) < 4.78 is 1.63. The van der Waals surface area contributed by atoms with Gasteiger partial charge in [-0.05, 0) is 34.7 Å². The van der Waals surface area contributed by atoms with E-state index in [2.05, 4.69) is 46.7 Å². The van der Waals surface area contributed by atoms with E-state index < -0.39 is 0 Å². The van der Waals surface area contributed by atoms with Gasteiger partial charge in [0.05, 0.1) is 4.47 Å². The van der Waals surface area contributed by atoms with Crippen molar-refractivity contribution in [3.63, 3.8) is 0 Å². The zero-order valence-electron chi connectivity index (χ0n) is 9.22. The maximum Gasteiger partial charge on any atom is 0.144 e. The Morgan fingerprint density at radius 1 is 1.47 bits per heavy atom. The van der Waals surface area contributed by atoms with Crippen LogP contribution in [0.3, 0.4) is 0 Å². The van der Waals surface area contributed by atoms with Gasteiger partial charge in [-0.3, -0.25) is 0 Å². The van der Waals surface area contributed by atoms with E-state index in [1.54, 1.807) is 0 Å². The summed E-state index contributed by atoms with van der Waals surface area (Å²) >= 11 is 8.77. The number of hydrogen-bond acceptors (Lipinski definition) is 2. The summed E-state index contributed by atoms with van der Waals surface area (Å²) in [5.41, 5.74) is 1.41. The molecule has 0 unspecified atom stereocenters. The predicted octanol–water partition coefficient (Wildman–Crippen LogP) is 4.08. The van der Waals surface area contributed by atoms with Crippen LogP contribution in [-0.4, -0.2) is 9.97 Å². The van der Waals surface area contributed by atoms with Crippen LogP contribution in [0.2, 0.25) is 0 Å². The van der Waals surface area contributed by atoms with Gasteiger partial charge >= 0.3 is 0 Å². The van der Waals surface area contributed by atoms with E-state index in [1.807, 2.05) is 0 Å². The molecular formula is C11H15BrN2S. The van der Waals surface area contributed by atoms with E-state index in [-0.39, 0.29) is 5.41 Å². The zero-order valence-corrected chi connectivity index (χ0v) is 11.6. The molecule has 0 aromatic carbocycles. The van der Waals surface area contributed by atoms with Gasteiger partial charge in [-0.25, -0.2) is 4.98 Å². The number of nitrogens with one attached hydrogen (secondary N) is 1. The highest BCUT2D eigenvalue weighted by molar-refractivity contribution is 9.10. The Bertz CT molecular complexity index is 446. The molecule has 0 aliphatic heterocycles. The molecular weight excluding hydrogens is 272 g/mol. The van der Waals surface area contributed by atoms with Gasteiger partial charge in [-0.1, -0.05) is 33.0 Å². The molecule has 1 saturated carbocycles. The molecule has 1 heterocycles. The van der Waals surface area contributed by atoms with Gasteiger partial charge in [0.2, 0.25) is 0 Å². The molecule has 2 rings (SSSR count). The average molecular weight is 287 g/mol. The number of rotatable bonds is 2. The third-order valence-electron chi connectivity index (χ3n) is 3.04. The molecule has 1 aliphatic carbocycles. The van der Waals surface area contributed by atoms with Crippen molar-refractivity contribution in [3.05, 3.63) is 20.6 Å². The second kappa shape index (κ2) is 3.67. The number of aromatic amines is 1. The molecule has 1 aromatic heterocycles. The smallest absolute Gasteiger partial charge is 0.144 e. The lowest BCUT2D eigenvalue weighted by Crippen LogP contribution is -2.10. The summed E-state index contributed by atoms with van der Waals surface area (Å²) in [5.74, 6) is 1.49. The van der Waals surface area contributed by atoms with Crippen LogP contribution in [0.5, 0.6) is 0 Å². The molecule has 1 fully saturated rings. The van der Waals surface area contributed by atoms with Crippen LogP contribution in [0.4, 0.5) is 0 Å². The van der Waals surface area contributed by atoms with E-state index in [0.717, 1.165) is 16.0 Å². The lowest BCUT2D eigenvalue weighted by atomic mass is 10.1. The van der Waals surface area contributed by atoms with Crippen molar-refractivity contribution in [2.24, 2.45) is 0 Å². The van der Waals surface area contributed by atoms with Crippen molar-refractivity contribution in [1.82, 2.24) is 9.97 Å². The number of H-pyrrole nitrogens is 1. The maximum atomic E-state index is 5.27. The number of hydrogen-bond donors (Lipinski definition) is 1. The Kier molecular flexibility index (Phi) is 2.75. The first-order valence-corrected chi connectivity index (χ1v) is 6.44. The minimum Gasteiger partial charge on any atom is -0.345 e. The predicted molar refractivity (Wildman–Crippen MR) is 67.8 cm³/mol. The van der Waals surface area contributed by atoms with E-state index in [9.17, 15) is 0 Å². The minimum absolute atomic E-state index is 0.248. The molecule has 0 radical (unpaired) electrons. The molecule has 82 valence electrons. The summed E-state index contributed by atoms with van der Waals surface area (Å²) in [6.07, 6.45) is 2.43. The SMILES string of the molecule is CC(C)c1[nH]c(C2(C)CC2)nc(=S)c1Br. The molecule has 0 spiro atoms. The van der Waals surface area contributed by atoms with Crippen molar-refractivity contribution in [3.8, 4) is 0 Å². The van der Waals surface area contributed by atoms with E-state index >= 15 is 0 Å². The summed E-state index contributed by atoms with van der Waals surface area (Å²) in [5, 5.41) is 0. The normalized spacial score (nSPS) is 18.2. The molecule has 2 nitrogen and oxygen atoms in total. The zero-order chi connectivity index (χ0) is 11.2. The second-order valence-electron chi connectivity index (χ2n) is 4.83. The van der Waals surface area contributed by atoms with Crippen molar-refractivity contribution >= 4 is 28.1 Å². The fourth-order valence-electron chi connectivity index (χ4n) is 1.58. The molecule has 0 saturated heterocycles. The van der Waals surface area contributed by atoms with Gasteiger partial charge in [0.25, 0.3) is 0 Å². The topological polar surface area (TPSA) is 28.7 Å². The summed E-state index contributed by atoms with van der Waals surface area (Å²) in [6, 6.07) is 0. The van der Waals surface area contributed by atoms with Crippen molar-refractivity contribution in [2.75, 3.05) is 0 Å². The van der Waals surface area contributed by atoms with Crippen LogP contribution in [-0.2, 0) is 5.41 Å². The van der Waals surface area contributed by atoms with E-state index in [1.165, 1.54) is 12.8 Å². The maximum absolute atomic E-state index is 5.27. The fourth-order valence-corrected chi connectivity index (χ4v) is 2.43. The van der Waals surface area contributed by atoms with E-state index in [0.29, 0.717) is 10.6 Å².